The van der Waals surface area contributed by atoms with Gasteiger partial charge in [0.25, 0.3) is 5.91 Å². The molecular formula is C20H18N2O4. The Morgan fingerprint density at radius 1 is 1.27 bits per heavy atom. The molecular weight excluding hydrogens is 332 g/mol. The van der Waals surface area contributed by atoms with E-state index in [0.717, 1.165) is 5.56 Å². The van der Waals surface area contributed by atoms with Crippen molar-refractivity contribution in [3.8, 4) is 17.4 Å². The molecule has 0 radical (unpaired) electrons. The highest BCUT2D eigenvalue weighted by Gasteiger charge is 2.11. The first kappa shape index (κ1) is 18.7. The van der Waals surface area contributed by atoms with Crippen LogP contribution in [0.15, 0.2) is 59.0 Å². The molecule has 0 bridgehead atoms. The Morgan fingerprint density at radius 2 is 2.00 bits per heavy atom. The van der Waals surface area contributed by atoms with Gasteiger partial charge in [-0.25, -0.2) is 4.79 Å². The molecule has 132 valence electrons. The van der Waals surface area contributed by atoms with E-state index < -0.39 is 5.91 Å². The van der Waals surface area contributed by atoms with Crippen LogP contribution in [-0.4, -0.2) is 25.0 Å². The van der Waals surface area contributed by atoms with Crippen molar-refractivity contribution in [2.24, 2.45) is 0 Å². The summed E-state index contributed by atoms with van der Waals surface area (Å²) in [6, 6.07) is 12.0. The largest absolute Gasteiger partial charge is 0.462 e. The minimum Gasteiger partial charge on any atom is -0.462 e. The minimum absolute atomic E-state index is 0.0644. The first-order valence-electron chi connectivity index (χ1n) is 7.97. The number of ether oxygens (including phenoxy) is 1. The SMILES string of the molecule is C=CCNC(=O)/C(C#N)=C\c1ccc(-c2ccc(C(=O)OCC)cc2)o1. The summed E-state index contributed by atoms with van der Waals surface area (Å²) in [5.74, 6) is 0.0469. The van der Waals surface area contributed by atoms with Crippen molar-refractivity contribution in [2.45, 2.75) is 6.92 Å². The van der Waals surface area contributed by atoms with E-state index in [2.05, 4.69) is 11.9 Å². The molecule has 1 N–H and O–H groups in total. The van der Waals surface area contributed by atoms with Crippen LogP contribution in [0.4, 0.5) is 0 Å². The van der Waals surface area contributed by atoms with Crippen LogP contribution in [-0.2, 0) is 9.53 Å². The van der Waals surface area contributed by atoms with Crippen molar-refractivity contribution >= 4 is 18.0 Å². The van der Waals surface area contributed by atoms with Crippen LogP contribution in [0.5, 0.6) is 0 Å². The van der Waals surface area contributed by atoms with Gasteiger partial charge in [0.15, 0.2) is 0 Å². The van der Waals surface area contributed by atoms with Gasteiger partial charge in [-0.05, 0) is 31.2 Å². The zero-order valence-electron chi connectivity index (χ0n) is 14.3. The highest BCUT2D eigenvalue weighted by atomic mass is 16.5. The molecule has 0 atom stereocenters. The molecule has 0 spiro atoms. The number of amides is 1. The molecule has 1 amide bonds. The second-order valence-electron chi connectivity index (χ2n) is 5.17. The topological polar surface area (TPSA) is 92.3 Å². The molecule has 2 aromatic rings. The zero-order valence-corrected chi connectivity index (χ0v) is 14.3. The third kappa shape index (κ3) is 4.71. The molecule has 26 heavy (non-hydrogen) atoms. The lowest BCUT2D eigenvalue weighted by atomic mass is 10.1. The lowest BCUT2D eigenvalue weighted by Crippen LogP contribution is -2.24. The Labute approximate surface area is 151 Å². The predicted molar refractivity (Wildman–Crippen MR) is 96.9 cm³/mol. The van der Waals surface area contributed by atoms with E-state index in [1.54, 1.807) is 43.3 Å². The molecule has 0 saturated carbocycles. The van der Waals surface area contributed by atoms with Gasteiger partial charge < -0.3 is 14.5 Å². The van der Waals surface area contributed by atoms with E-state index >= 15 is 0 Å². The minimum atomic E-state index is -0.496. The highest BCUT2D eigenvalue weighted by Crippen LogP contribution is 2.24. The molecule has 6 heteroatoms. The Bertz CT molecular complexity index is 870. The number of carbonyl (C=O) groups is 2. The van der Waals surface area contributed by atoms with Crippen molar-refractivity contribution in [1.82, 2.24) is 5.32 Å². The van der Waals surface area contributed by atoms with E-state index in [9.17, 15) is 9.59 Å². The number of nitrogens with one attached hydrogen (secondary N) is 1. The highest BCUT2D eigenvalue weighted by molar-refractivity contribution is 6.01. The Balaban J connectivity index is 2.17. The van der Waals surface area contributed by atoms with E-state index in [1.165, 1.54) is 12.2 Å². The summed E-state index contributed by atoms with van der Waals surface area (Å²) >= 11 is 0. The van der Waals surface area contributed by atoms with Gasteiger partial charge >= 0.3 is 5.97 Å². The van der Waals surface area contributed by atoms with Crippen LogP contribution in [0.1, 0.15) is 23.0 Å². The number of rotatable bonds is 7. The molecule has 0 saturated heterocycles. The van der Waals surface area contributed by atoms with Gasteiger partial charge in [-0.2, -0.15) is 5.26 Å². The van der Waals surface area contributed by atoms with Crippen molar-refractivity contribution in [2.75, 3.05) is 13.2 Å². The van der Waals surface area contributed by atoms with Gasteiger partial charge in [0.1, 0.15) is 23.2 Å². The fourth-order valence-electron chi connectivity index (χ4n) is 2.12. The third-order valence-corrected chi connectivity index (χ3v) is 3.37. The standard InChI is InChI=1S/C20H18N2O4/c1-3-11-22-19(23)16(13-21)12-17-9-10-18(26-17)14-5-7-15(8-6-14)20(24)25-4-2/h3,5-10,12H,1,4,11H2,2H3,(H,22,23)/b16-12-. The fourth-order valence-corrected chi connectivity index (χ4v) is 2.12. The summed E-state index contributed by atoms with van der Waals surface area (Å²) in [5, 5.41) is 11.7. The van der Waals surface area contributed by atoms with Crippen molar-refractivity contribution < 1.29 is 18.7 Å². The monoisotopic (exact) mass is 350 g/mol. The van der Waals surface area contributed by atoms with Gasteiger partial charge in [-0.15, -0.1) is 6.58 Å². The summed E-state index contributed by atoms with van der Waals surface area (Å²) in [6.07, 6.45) is 2.90. The van der Waals surface area contributed by atoms with Crippen LogP contribution < -0.4 is 5.32 Å². The lowest BCUT2D eigenvalue weighted by molar-refractivity contribution is -0.116. The quantitative estimate of drug-likeness (QED) is 0.358. The Morgan fingerprint density at radius 3 is 2.62 bits per heavy atom. The van der Waals surface area contributed by atoms with Gasteiger partial charge in [0.2, 0.25) is 0 Å². The molecule has 0 aliphatic heterocycles. The average molecular weight is 350 g/mol. The number of carbonyl (C=O) groups excluding carboxylic acids is 2. The lowest BCUT2D eigenvalue weighted by Gasteiger charge is -2.02. The number of benzene rings is 1. The van der Waals surface area contributed by atoms with Gasteiger partial charge in [-0.3, -0.25) is 4.79 Å². The number of furan rings is 1. The molecule has 6 nitrogen and oxygen atoms in total. The Kier molecular flexibility index (Phi) is 6.52. The van der Waals surface area contributed by atoms with E-state index in [4.69, 9.17) is 14.4 Å². The Hall–Kier alpha value is -3.59. The smallest absolute Gasteiger partial charge is 0.338 e. The number of hydrogen-bond donors (Lipinski definition) is 1. The van der Waals surface area contributed by atoms with Gasteiger partial charge in [0, 0.05) is 18.2 Å². The summed E-state index contributed by atoms with van der Waals surface area (Å²) in [4.78, 5) is 23.5. The van der Waals surface area contributed by atoms with Gasteiger partial charge in [-0.1, -0.05) is 18.2 Å². The number of hydrogen-bond acceptors (Lipinski definition) is 5. The predicted octanol–water partition coefficient (Wildman–Crippen LogP) is 3.33. The average Bonchev–Trinajstić information content (AvgIpc) is 3.13. The molecule has 1 aromatic heterocycles. The molecule has 2 rings (SSSR count). The molecule has 1 heterocycles. The summed E-state index contributed by atoms with van der Waals surface area (Å²) in [5.41, 5.74) is 1.14. The maximum absolute atomic E-state index is 11.8. The number of nitriles is 1. The maximum atomic E-state index is 11.8. The van der Waals surface area contributed by atoms with Gasteiger partial charge in [0.05, 0.1) is 12.2 Å². The van der Waals surface area contributed by atoms with Crippen LogP contribution in [0.25, 0.3) is 17.4 Å². The van der Waals surface area contributed by atoms with E-state index in [-0.39, 0.29) is 18.1 Å². The third-order valence-electron chi connectivity index (χ3n) is 3.37. The second kappa shape index (κ2) is 9.04. The molecule has 1 aromatic carbocycles. The molecule has 0 unspecified atom stereocenters. The molecule has 0 aliphatic carbocycles. The number of nitrogens with zero attached hydrogens (tertiary/aromatic N) is 1. The summed E-state index contributed by atoms with van der Waals surface area (Å²) in [6.45, 7) is 5.84. The van der Waals surface area contributed by atoms with E-state index in [0.29, 0.717) is 23.7 Å². The van der Waals surface area contributed by atoms with Crippen LogP contribution in [0.3, 0.4) is 0 Å². The van der Waals surface area contributed by atoms with Crippen molar-refractivity contribution in [3.05, 3.63) is 65.9 Å². The second-order valence-corrected chi connectivity index (χ2v) is 5.17. The van der Waals surface area contributed by atoms with Crippen LogP contribution in [0, 0.1) is 11.3 Å². The van der Waals surface area contributed by atoms with E-state index in [1.807, 2.05) is 6.07 Å². The molecule has 0 fully saturated rings. The first-order chi connectivity index (χ1) is 12.6. The van der Waals surface area contributed by atoms with Crippen LogP contribution >= 0.6 is 0 Å². The zero-order chi connectivity index (χ0) is 18.9. The fraction of sp³-hybridized carbons (Fsp3) is 0.150. The molecule has 0 aliphatic rings. The number of esters is 1. The summed E-state index contributed by atoms with van der Waals surface area (Å²) in [7, 11) is 0. The van der Waals surface area contributed by atoms with Crippen LogP contribution in [0.2, 0.25) is 0 Å². The van der Waals surface area contributed by atoms with Crippen molar-refractivity contribution in [1.29, 1.82) is 5.26 Å². The maximum Gasteiger partial charge on any atom is 0.338 e. The van der Waals surface area contributed by atoms with Crippen molar-refractivity contribution in [3.63, 3.8) is 0 Å². The normalized spacial score (nSPS) is 10.7. The summed E-state index contributed by atoms with van der Waals surface area (Å²) < 4.78 is 10.6. The first-order valence-corrected chi connectivity index (χ1v) is 7.97.